The zero-order valence-electron chi connectivity index (χ0n) is 13.5. The minimum Gasteiger partial charge on any atom is -0.378 e. The van der Waals surface area contributed by atoms with Gasteiger partial charge in [-0.15, -0.1) is 11.3 Å². The summed E-state index contributed by atoms with van der Waals surface area (Å²) in [5, 5.41) is 2.75. The van der Waals surface area contributed by atoms with E-state index in [0.717, 1.165) is 30.9 Å². The first-order valence-electron chi connectivity index (χ1n) is 8.23. The number of carbonyl (C=O) groups is 1. The summed E-state index contributed by atoms with van der Waals surface area (Å²) in [6.45, 7) is 5.82. The zero-order chi connectivity index (χ0) is 15.5. The van der Waals surface area contributed by atoms with Crippen LogP contribution < -0.4 is 0 Å². The Morgan fingerprint density at radius 2 is 2.14 bits per heavy atom. The summed E-state index contributed by atoms with van der Waals surface area (Å²) in [6, 6.07) is 0.899. The standard InChI is InChI=1S/C16H25N3O2S/c1-3-18-8-4-6-13(18)14-7-5-9-19(14)16(20)12-11-22-15(17-12)10-21-2/h11,13-14H,3-10H2,1-2H3. The fraction of sp³-hybridized carbons (Fsp3) is 0.750. The average molecular weight is 323 g/mol. The van der Waals surface area contributed by atoms with Gasteiger partial charge in [-0.2, -0.15) is 0 Å². The molecule has 1 aromatic rings. The number of carbonyl (C=O) groups excluding carboxylic acids is 1. The molecule has 1 aromatic heterocycles. The van der Waals surface area contributed by atoms with Gasteiger partial charge in [-0.3, -0.25) is 9.69 Å². The first kappa shape index (κ1) is 15.9. The van der Waals surface area contributed by atoms with Crippen LogP contribution in [0.2, 0.25) is 0 Å². The second-order valence-corrected chi connectivity index (χ2v) is 7.05. The molecule has 2 aliphatic heterocycles. The van der Waals surface area contributed by atoms with Crippen molar-refractivity contribution >= 4 is 17.2 Å². The van der Waals surface area contributed by atoms with Crippen LogP contribution in [0.5, 0.6) is 0 Å². The number of methoxy groups -OCH3 is 1. The molecule has 2 unspecified atom stereocenters. The van der Waals surface area contributed by atoms with Gasteiger partial charge in [0.25, 0.3) is 5.91 Å². The van der Waals surface area contributed by atoms with Crippen molar-refractivity contribution < 1.29 is 9.53 Å². The first-order valence-corrected chi connectivity index (χ1v) is 9.11. The van der Waals surface area contributed by atoms with Gasteiger partial charge >= 0.3 is 0 Å². The van der Waals surface area contributed by atoms with Crippen molar-refractivity contribution in [2.24, 2.45) is 0 Å². The summed E-state index contributed by atoms with van der Waals surface area (Å²) in [5.74, 6) is 0.101. The van der Waals surface area contributed by atoms with Crippen molar-refractivity contribution in [1.82, 2.24) is 14.8 Å². The molecule has 1 amide bonds. The van der Waals surface area contributed by atoms with Crippen LogP contribution in [0.15, 0.2) is 5.38 Å². The maximum absolute atomic E-state index is 12.8. The Labute approximate surface area is 136 Å². The Morgan fingerprint density at radius 1 is 1.36 bits per heavy atom. The SMILES string of the molecule is CCN1CCCC1C1CCCN1C(=O)c1csc(COC)n1. The lowest BCUT2D eigenvalue weighted by molar-refractivity contribution is 0.0644. The van der Waals surface area contributed by atoms with Gasteiger partial charge in [-0.25, -0.2) is 4.98 Å². The summed E-state index contributed by atoms with van der Waals surface area (Å²) >= 11 is 1.51. The average Bonchev–Trinajstić information content (AvgIpc) is 3.25. The van der Waals surface area contributed by atoms with Crippen LogP contribution in [0.25, 0.3) is 0 Å². The molecule has 2 atom stereocenters. The van der Waals surface area contributed by atoms with E-state index in [1.165, 1.54) is 30.7 Å². The molecule has 0 radical (unpaired) electrons. The Kier molecular flexibility index (Phi) is 5.10. The number of aromatic nitrogens is 1. The number of hydrogen-bond donors (Lipinski definition) is 0. The van der Waals surface area contributed by atoms with Gasteiger partial charge in [0, 0.05) is 31.1 Å². The van der Waals surface area contributed by atoms with E-state index in [1.807, 2.05) is 5.38 Å². The van der Waals surface area contributed by atoms with Crippen LogP contribution in [0.3, 0.4) is 0 Å². The van der Waals surface area contributed by atoms with Crippen LogP contribution in [0, 0.1) is 0 Å². The normalized spacial score (nSPS) is 26.0. The molecule has 0 spiro atoms. The van der Waals surface area contributed by atoms with E-state index < -0.39 is 0 Å². The van der Waals surface area contributed by atoms with E-state index in [2.05, 4.69) is 21.7 Å². The number of rotatable bonds is 5. The molecule has 6 heteroatoms. The molecule has 3 heterocycles. The highest BCUT2D eigenvalue weighted by Crippen LogP contribution is 2.31. The molecule has 2 saturated heterocycles. The van der Waals surface area contributed by atoms with E-state index in [9.17, 15) is 4.79 Å². The maximum Gasteiger partial charge on any atom is 0.273 e. The quantitative estimate of drug-likeness (QED) is 0.834. The van der Waals surface area contributed by atoms with E-state index in [1.54, 1.807) is 7.11 Å². The number of ether oxygens (including phenoxy) is 1. The van der Waals surface area contributed by atoms with Crippen molar-refractivity contribution in [2.45, 2.75) is 51.3 Å². The van der Waals surface area contributed by atoms with Crippen LogP contribution >= 0.6 is 11.3 Å². The molecule has 2 aliphatic rings. The summed E-state index contributed by atoms with van der Waals surface area (Å²) in [6.07, 6.45) is 4.71. The molecule has 2 fully saturated rings. The van der Waals surface area contributed by atoms with Gasteiger partial charge in [0.2, 0.25) is 0 Å². The first-order chi connectivity index (χ1) is 10.7. The molecule has 0 N–H and O–H groups in total. The van der Waals surface area contributed by atoms with Crippen molar-refractivity contribution in [2.75, 3.05) is 26.7 Å². The van der Waals surface area contributed by atoms with Gasteiger partial charge in [0.15, 0.2) is 0 Å². The van der Waals surface area contributed by atoms with E-state index >= 15 is 0 Å². The monoisotopic (exact) mass is 323 g/mol. The van der Waals surface area contributed by atoms with E-state index in [-0.39, 0.29) is 5.91 Å². The summed E-state index contributed by atoms with van der Waals surface area (Å²) in [5.41, 5.74) is 0.588. The van der Waals surface area contributed by atoms with Gasteiger partial charge in [0.1, 0.15) is 10.7 Å². The van der Waals surface area contributed by atoms with Crippen molar-refractivity contribution in [3.8, 4) is 0 Å². The third-order valence-electron chi connectivity index (χ3n) is 4.86. The molecule has 0 saturated carbocycles. The molecule has 3 rings (SSSR count). The molecule has 0 aliphatic carbocycles. The molecule has 0 bridgehead atoms. The van der Waals surface area contributed by atoms with E-state index in [4.69, 9.17) is 4.74 Å². The third-order valence-corrected chi connectivity index (χ3v) is 5.69. The highest BCUT2D eigenvalue weighted by Gasteiger charge is 2.39. The third kappa shape index (κ3) is 3.05. The Hall–Kier alpha value is -0.980. The molecular weight excluding hydrogens is 298 g/mol. The predicted octanol–water partition coefficient (Wildman–Crippen LogP) is 2.38. The largest absolute Gasteiger partial charge is 0.378 e. The second-order valence-electron chi connectivity index (χ2n) is 6.11. The predicted molar refractivity (Wildman–Crippen MR) is 87.2 cm³/mol. The second kappa shape index (κ2) is 7.06. The number of hydrogen-bond acceptors (Lipinski definition) is 5. The van der Waals surface area contributed by atoms with Gasteiger partial charge in [-0.1, -0.05) is 6.92 Å². The molecule has 22 heavy (non-hydrogen) atoms. The van der Waals surface area contributed by atoms with Crippen molar-refractivity contribution in [1.29, 1.82) is 0 Å². The molecule has 5 nitrogen and oxygen atoms in total. The minimum absolute atomic E-state index is 0.101. The lowest BCUT2D eigenvalue weighted by atomic mass is 10.0. The lowest BCUT2D eigenvalue weighted by Gasteiger charge is -2.34. The summed E-state index contributed by atoms with van der Waals surface area (Å²) in [4.78, 5) is 21.9. The van der Waals surface area contributed by atoms with Crippen molar-refractivity contribution in [3.63, 3.8) is 0 Å². The minimum atomic E-state index is 0.101. The summed E-state index contributed by atoms with van der Waals surface area (Å²) < 4.78 is 5.09. The van der Waals surface area contributed by atoms with Gasteiger partial charge < -0.3 is 9.64 Å². The van der Waals surface area contributed by atoms with Crippen LogP contribution in [-0.4, -0.2) is 59.5 Å². The zero-order valence-corrected chi connectivity index (χ0v) is 14.3. The number of amides is 1. The Bertz CT molecular complexity index is 519. The number of nitrogens with zero attached hydrogens (tertiary/aromatic N) is 3. The lowest BCUT2D eigenvalue weighted by Crippen LogP contribution is -2.48. The molecular formula is C16H25N3O2S. The van der Waals surface area contributed by atoms with Gasteiger partial charge in [-0.05, 0) is 38.8 Å². The Morgan fingerprint density at radius 3 is 2.91 bits per heavy atom. The van der Waals surface area contributed by atoms with Crippen LogP contribution in [-0.2, 0) is 11.3 Å². The molecule has 122 valence electrons. The molecule has 0 aromatic carbocycles. The highest BCUT2D eigenvalue weighted by atomic mass is 32.1. The number of likely N-dealkylation sites (tertiary alicyclic amines) is 2. The van der Waals surface area contributed by atoms with Crippen LogP contribution in [0.4, 0.5) is 0 Å². The topological polar surface area (TPSA) is 45.7 Å². The fourth-order valence-corrected chi connectivity index (χ4v) is 4.61. The van der Waals surface area contributed by atoms with Crippen molar-refractivity contribution in [3.05, 3.63) is 16.1 Å². The van der Waals surface area contributed by atoms with E-state index in [0.29, 0.717) is 24.4 Å². The summed E-state index contributed by atoms with van der Waals surface area (Å²) in [7, 11) is 1.65. The number of likely N-dealkylation sites (N-methyl/N-ethyl adjacent to an activating group) is 1. The fourth-order valence-electron chi connectivity index (χ4n) is 3.87. The van der Waals surface area contributed by atoms with Crippen LogP contribution in [0.1, 0.15) is 48.1 Å². The number of thiazole rings is 1. The highest BCUT2D eigenvalue weighted by molar-refractivity contribution is 7.09. The Balaban J connectivity index is 1.73. The smallest absolute Gasteiger partial charge is 0.273 e. The van der Waals surface area contributed by atoms with Gasteiger partial charge in [0.05, 0.1) is 6.61 Å². The maximum atomic E-state index is 12.8.